The van der Waals surface area contributed by atoms with Crippen molar-refractivity contribution in [2.45, 2.75) is 25.0 Å². The van der Waals surface area contributed by atoms with E-state index in [9.17, 15) is 14.0 Å². The maximum atomic E-state index is 13.3. The second-order valence-corrected chi connectivity index (χ2v) is 7.91. The summed E-state index contributed by atoms with van der Waals surface area (Å²) in [5.74, 6) is -1.24. The summed E-state index contributed by atoms with van der Waals surface area (Å²) in [6.45, 7) is 1.62. The van der Waals surface area contributed by atoms with E-state index >= 15 is 0 Å². The SMILES string of the molecule is C[C@]1(C(=O)N[C@@H](c2ccc(F)cc2)c2cccs2)Cc2ccccc2C(=O)O1. The quantitative estimate of drug-likeness (QED) is 0.672. The van der Waals surface area contributed by atoms with E-state index in [1.165, 1.54) is 23.5 Å². The standard InChI is InChI=1S/C22H18FNO3S/c1-22(13-15-5-2-3-6-17(15)20(25)27-22)21(26)24-19(18-7-4-12-28-18)14-8-10-16(23)11-9-14/h2-12,19H,13H2,1H3,(H,24,26)/t19-,22+/m0/s1. The summed E-state index contributed by atoms with van der Waals surface area (Å²) in [5, 5.41) is 4.90. The fourth-order valence-electron chi connectivity index (χ4n) is 3.37. The van der Waals surface area contributed by atoms with Crippen molar-refractivity contribution in [3.8, 4) is 0 Å². The van der Waals surface area contributed by atoms with Gasteiger partial charge in [0, 0.05) is 11.3 Å². The third-order valence-electron chi connectivity index (χ3n) is 4.87. The molecule has 4 nitrogen and oxygen atoms in total. The van der Waals surface area contributed by atoms with Gasteiger partial charge in [-0.15, -0.1) is 11.3 Å². The minimum atomic E-state index is -1.32. The minimum Gasteiger partial charge on any atom is -0.445 e. The number of carbonyl (C=O) groups is 2. The Bertz CT molecular complexity index is 1020. The van der Waals surface area contributed by atoms with Gasteiger partial charge in [0.25, 0.3) is 5.91 Å². The number of cyclic esters (lactones) is 1. The summed E-state index contributed by atoms with van der Waals surface area (Å²) >= 11 is 1.49. The third kappa shape index (κ3) is 3.43. The molecule has 0 radical (unpaired) electrons. The fraction of sp³-hybridized carbons (Fsp3) is 0.182. The number of halogens is 1. The van der Waals surface area contributed by atoms with E-state index in [0.29, 0.717) is 12.0 Å². The van der Waals surface area contributed by atoms with Crippen LogP contribution in [0, 0.1) is 5.82 Å². The second-order valence-electron chi connectivity index (χ2n) is 6.93. The van der Waals surface area contributed by atoms with Gasteiger partial charge in [-0.2, -0.15) is 0 Å². The fourth-order valence-corrected chi connectivity index (χ4v) is 4.18. The summed E-state index contributed by atoms with van der Waals surface area (Å²) in [7, 11) is 0. The number of benzene rings is 2. The molecular formula is C22H18FNO3S. The van der Waals surface area contributed by atoms with Crippen LogP contribution in [0.15, 0.2) is 66.0 Å². The van der Waals surface area contributed by atoms with Gasteiger partial charge in [0.05, 0.1) is 11.6 Å². The van der Waals surface area contributed by atoms with Gasteiger partial charge in [-0.1, -0.05) is 36.4 Å². The Labute approximate surface area is 166 Å². The molecule has 3 aromatic rings. The smallest absolute Gasteiger partial charge is 0.339 e. The Hall–Kier alpha value is -2.99. The van der Waals surface area contributed by atoms with Crippen LogP contribution in [0.25, 0.3) is 0 Å². The first-order chi connectivity index (χ1) is 13.5. The molecule has 0 aliphatic carbocycles. The summed E-state index contributed by atoms with van der Waals surface area (Å²) in [5.41, 5.74) is 0.705. The van der Waals surface area contributed by atoms with Crippen LogP contribution < -0.4 is 5.32 Å². The van der Waals surface area contributed by atoms with Crippen molar-refractivity contribution in [3.63, 3.8) is 0 Å². The minimum absolute atomic E-state index is 0.293. The summed E-state index contributed by atoms with van der Waals surface area (Å²) in [6.07, 6.45) is 0.293. The highest BCUT2D eigenvalue weighted by molar-refractivity contribution is 7.10. The molecule has 2 atom stereocenters. The number of carbonyl (C=O) groups excluding carboxylic acids is 2. The molecule has 0 saturated heterocycles. The van der Waals surface area contributed by atoms with Crippen molar-refractivity contribution in [2.75, 3.05) is 0 Å². The first kappa shape index (κ1) is 18.4. The summed E-state index contributed by atoms with van der Waals surface area (Å²) in [4.78, 5) is 26.5. The highest BCUT2D eigenvalue weighted by Gasteiger charge is 2.43. The Morgan fingerprint density at radius 1 is 1.14 bits per heavy atom. The van der Waals surface area contributed by atoms with Crippen molar-refractivity contribution in [1.29, 1.82) is 0 Å². The topological polar surface area (TPSA) is 55.4 Å². The lowest BCUT2D eigenvalue weighted by molar-refractivity contribution is -0.140. The predicted molar refractivity (Wildman–Crippen MR) is 105 cm³/mol. The van der Waals surface area contributed by atoms with Gasteiger partial charge in [0.15, 0.2) is 5.60 Å². The molecule has 142 valence electrons. The molecule has 6 heteroatoms. The molecule has 1 aliphatic rings. The highest BCUT2D eigenvalue weighted by Crippen LogP contribution is 2.31. The van der Waals surface area contributed by atoms with Crippen LogP contribution in [0.3, 0.4) is 0 Å². The lowest BCUT2D eigenvalue weighted by atomic mass is 9.89. The maximum absolute atomic E-state index is 13.3. The van der Waals surface area contributed by atoms with Crippen molar-refractivity contribution in [3.05, 3.63) is 93.4 Å². The van der Waals surface area contributed by atoms with Crippen LogP contribution in [0.4, 0.5) is 4.39 Å². The molecule has 2 heterocycles. The van der Waals surface area contributed by atoms with Gasteiger partial charge in [-0.05, 0) is 47.7 Å². The van der Waals surface area contributed by atoms with E-state index in [1.807, 2.05) is 29.6 Å². The Morgan fingerprint density at radius 2 is 1.89 bits per heavy atom. The molecule has 0 fully saturated rings. The number of hydrogen-bond donors (Lipinski definition) is 1. The van der Waals surface area contributed by atoms with Gasteiger partial charge >= 0.3 is 5.97 Å². The lowest BCUT2D eigenvalue weighted by Gasteiger charge is -2.34. The first-order valence-corrected chi connectivity index (χ1v) is 9.75. The van der Waals surface area contributed by atoms with E-state index in [4.69, 9.17) is 4.74 Å². The predicted octanol–water partition coefficient (Wildman–Crippen LogP) is 4.26. The van der Waals surface area contributed by atoms with Crippen molar-refractivity contribution >= 4 is 23.2 Å². The monoisotopic (exact) mass is 395 g/mol. The molecule has 0 saturated carbocycles. The number of fused-ring (bicyclic) bond motifs is 1. The van der Waals surface area contributed by atoms with Crippen LogP contribution in [-0.2, 0) is 16.0 Å². The highest BCUT2D eigenvalue weighted by atomic mass is 32.1. The molecule has 1 amide bonds. The van der Waals surface area contributed by atoms with Gasteiger partial charge < -0.3 is 10.1 Å². The molecule has 1 aliphatic heterocycles. The van der Waals surface area contributed by atoms with Crippen LogP contribution >= 0.6 is 11.3 Å². The number of hydrogen-bond acceptors (Lipinski definition) is 4. The molecule has 0 spiro atoms. The van der Waals surface area contributed by atoms with Gasteiger partial charge in [0.2, 0.25) is 0 Å². The third-order valence-corrected chi connectivity index (χ3v) is 5.81. The van der Waals surface area contributed by atoms with Crippen molar-refractivity contribution in [2.24, 2.45) is 0 Å². The molecule has 28 heavy (non-hydrogen) atoms. The van der Waals surface area contributed by atoms with Crippen LogP contribution in [0.5, 0.6) is 0 Å². The van der Waals surface area contributed by atoms with E-state index in [-0.39, 0.29) is 5.82 Å². The van der Waals surface area contributed by atoms with E-state index in [2.05, 4.69) is 5.32 Å². The molecule has 1 aromatic heterocycles. The first-order valence-electron chi connectivity index (χ1n) is 8.87. The van der Waals surface area contributed by atoms with Gasteiger partial charge in [-0.3, -0.25) is 4.79 Å². The largest absolute Gasteiger partial charge is 0.445 e. The maximum Gasteiger partial charge on any atom is 0.339 e. The molecule has 0 unspecified atom stereocenters. The average molecular weight is 395 g/mol. The normalized spacial score (nSPS) is 19.4. The van der Waals surface area contributed by atoms with Gasteiger partial charge in [-0.25, -0.2) is 9.18 Å². The summed E-state index contributed by atoms with van der Waals surface area (Å²) in [6, 6.07) is 16.5. The Balaban J connectivity index is 1.63. The Kier molecular flexibility index (Phi) is 4.73. The average Bonchev–Trinajstić information content (AvgIpc) is 3.21. The molecule has 4 rings (SSSR count). The second kappa shape index (κ2) is 7.20. The van der Waals surface area contributed by atoms with E-state index < -0.39 is 23.5 Å². The zero-order valence-corrected chi connectivity index (χ0v) is 16.0. The number of nitrogens with one attached hydrogen (secondary N) is 1. The zero-order chi connectivity index (χ0) is 19.7. The number of ether oxygens (including phenoxy) is 1. The number of rotatable bonds is 4. The molecule has 2 aromatic carbocycles. The molecule has 1 N–H and O–H groups in total. The number of amides is 1. The van der Waals surface area contributed by atoms with Crippen molar-refractivity contribution < 1.29 is 18.7 Å². The lowest BCUT2D eigenvalue weighted by Crippen LogP contribution is -2.52. The number of esters is 1. The van der Waals surface area contributed by atoms with E-state index in [1.54, 1.807) is 31.2 Å². The molecular weight excluding hydrogens is 377 g/mol. The van der Waals surface area contributed by atoms with Gasteiger partial charge in [0.1, 0.15) is 5.82 Å². The van der Waals surface area contributed by atoms with Crippen LogP contribution in [-0.4, -0.2) is 17.5 Å². The van der Waals surface area contributed by atoms with E-state index in [0.717, 1.165) is 16.0 Å². The number of thiophene rings is 1. The van der Waals surface area contributed by atoms with Crippen LogP contribution in [0.1, 0.15) is 39.3 Å². The molecule has 0 bridgehead atoms. The van der Waals surface area contributed by atoms with Crippen LogP contribution in [0.2, 0.25) is 0 Å². The van der Waals surface area contributed by atoms with Crippen molar-refractivity contribution in [1.82, 2.24) is 5.32 Å². The zero-order valence-electron chi connectivity index (χ0n) is 15.1. The summed E-state index contributed by atoms with van der Waals surface area (Å²) < 4.78 is 18.9. The Morgan fingerprint density at radius 3 is 2.61 bits per heavy atom.